The Morgan fingerprint density at radius 3 is 2.39 bits per heavy atom. The van der Waals surface area contributed by atoms with Crippen molar-refractivity contribution >= 4 is 33.2 Å². The average Bonchev–Trinajstić information content (AvgIpc) is 3.17. The number of alkyl halides is 3. The van der Waals surface area contributed by atoms with E-state index in [9.17, 15) is 26.4 Å². The second-order valence-corrected chi connectivity index (χ2v) is 8.60. The summed E-state index contributed by atoms with van der Waals surface area (Å²) in [7, 11) is -3.85. The summed E-state index contributed by atoms with van der Waals surface area (Å²) in [6.07, 6.45) is -3.06. The lowest BCUT2D eigenvalue weighted by Gasteiger charge is -2.17. The van der Waals surface area contributed by atoms with E-state index in [0.717, 1.165) is 31.0 Å². The van der Waals surface area contributed by atoms with Crippen LogP contribution < -0.4 is 5.32 Å². The Hall–Kier alpha value is -2.10. The Bertz CT molecular complexity index is 1000. The number of carbonyl (C=O) groups is 1. The maximum absolute atomic E-state index is 12.8. The summed E-state index contributed by atoms with van der Waals surface area (Å²) in [6.45, 7) is 0.749. The van der Waals surface area contributed by atoms with Gasteiger partial charge in [0.05, 0.1) is 10.6 Å². The minimum absolute atomic E-state index is 0.0254. The van der Waals surface area contributed by atoms with Gasteiger partial charge in [-0.2, -0.15) is 17.5 Å². The zero-order chi connectivity index (χ0) is 20.5. The number of rotatable bonds is 4. The van der Waals surface area contributed by atoms with Crippen molar-refractivity contribution in [1.82, 2.24) is 4.31 Å². The fourth-order valence-electron chi connectivity index (χ4n) is 2.89. The molecule has 1 saturated heterocycles. The molecule has 2 aromatic rings. The van der Waals surface area contributed by atoms with E-state index in [2.05, 4.69) is 5.32 Å². The van der Waals surface area contributed by atoms with Gasteiger partial charge in [0.25, 0.3) is 5.91 Å². The molecule has 0 aliphatic carbocycles. The van der Waals surface area contributed by atoms with Crippen molar-refractivity contribution in [3.8, 4) is 0 Å². The average molecular weight is 433 g/mol. The van der Waals surface area contributed by atoms with Crippen LogP contribution in [0, 0.1) is 0 Å². The summed E-state index contributed by atoms with van der Waals surface area (Å²) >= 11 is 6.03. The third kappa shape index (κ3) is 4.31. The number of carbonyl (C=O) groups excluding carboxylic acids is 1. The molecule has 1 heterocycles. The van der Waals surface area contributed by atoms with Crippen LogP contribution in [0.2, 0.25) is 5.02 Å². The molecular formula is C18H16ClF3N2O3S. The molecule has 0 atom stereocenters. The summed E-state index contributed by atoms with van der Waals surface area (Å²) in [5.41, 5.74) is -0.989. The SMILES string of the molecule is O=C(Nc1cccc(C(F)(F)F)c1)c1ccc(Cl)c(S(=O)(=O)N2CCCC2)c1. The van der Waals surface area contributed by atoms with E-state index in [-0.39, 0.29) is 21.2 Å². The molecule has 0 spiro atoms. The fraction of sp³-hybridized carbons (Fsp3) is 0.278. The first-order valence-electron chi connectivity index (χ1n) is 8.37. The van der Waals surface area contributed by atoms with Crippen LogP contribution in [0.25, 0.3) is 0 Å². The van der Waals surface area contributed by atoms with Crippen LogP contribution in [0.1, 0.15) is 28.8 Å². The van der Waals surface area contributed by atoms with Crippen molar-refractivity contribution in [3.05, 3.63) is 58.6 Å². The Kier molecular flexibility index (Phi) is 5.69. The number of sulfonamides is 1. The van der Waals surface area contributed by atoms with E-state index in [0.29, 0.717) is 13.1 Å². The number of benzene rings is 2. The van der Waals surface area contributed by atoms with Gasteiger partial charge in [-0.05, 0) is 49.2 Å². The van der Waals surface area contributed by atoms with Gasteiger partial charge in [-0.25, -0.2) is 8.42 Å². The lowest BCUT2D eigenvalue weighted by molar-refractivity contribution is -0.137. The van der Waals surface area contributed by atoms with Crippen molar-refractivity contribution < 1.29 is 26.4 Å². The number of hydrogen-bond donors (Lipinski definition) is 1. The standard InChI is InChI=1S/C18H16ClF3N2O3S/c19-15-7-6-12(10-16(15)28(26,27)24-8-1-2-9-24)17(25)23-14-5-3-4-13(11-14)18(20,21)22/h3-7,10-11H,1-2,8-9H2,(H,23,25). The Balaban J connectivity index is 1.87. The maximum Gasteiger partial charge on any atom is 0.416 e. The van der Waals surface area contributed by atoms with Crippen LogP contribution in [-0.4, -0.2) is 31.7 Å². The van der Waals surface area contributed by atoms with E-state index >= 15 is 0 Å². The number of amides is 1. The van der Waals surface area contributed by atoms with Gasteiger partial charge in [0.1, 0.15) is 4.90 Å². The van der Waals surface area contributed by atoms with Crippen LogP contribution in [-0.2, 0) is 16.2 Å². The lowest BCUT2D eigenvalue weighted by atomic mass is 10.1. The summed E-state index contributed by atoms with van der Waals surface area (Å²) in [6, 6.07) is 7.90. The highest BCUT2D eigenvalue weighted by atomic mass is 35.5. The van der Waals surface area contributed by atoms with Gasteiger partial charge < -0.3 is 5.32 Å². The predicted molar refractivity (Wildman–Crippen MR) is 98.8 cm³/mol. The molecule has 1 amide bonds. The van der Waals surface area contributed by atoms with E-state index in [4.69, 9.17) is 11.6 Å². The number of hydrogen-bond acceptors (Lipinski definition) is 3. The molecule has 28 heavy (non-hydrogen) atoms. The van der Waals surface area contributed by atoms with Crippen LogP contribution in [0.5, 0.6) is 0 Å². The minimum atomic E-state index is -4.54. The van der Waals surface area contributed by atoms with E-state index in [1.54, 1.807) is 0 Å². The second kappa shape index (κ2) is 7.73. The molecule has 2 aromatic carbocycles. The Labute approximate surface area is 165 Å². The van der Waals surface area contributed by atoms with Crippen molar-refractivity contribution in [2.45, 2.75) is 23.9 Å². The monoisotopic (exact) mass is 432 g/mol. The molecule has 1 fully saturated rings. The first-order valence-corrected chi connectivity index (χ1v) is 10.2. The van der Waals surface area contributed by atoms with Crippen molar-refractivity contribution in [3.63, 3.8) is 0 Å². The molecule has 0 radical (unpaired) electrons. The third-order valence-corrected chi connectivity index (χ3v) is 6.70. The molecule has 150 valence electrons. The van der Waals surface area contributed by atoms with Gasteiger partial charge in [-0.15, -0.1) is 0 Å². The Morgan fingerprint density at radius 1 is 1.07 bits per heavy atom. The lowest BCUT2D eigenvalue weighted by Crippen LogP contribution is -2.28. The fourth-order valence-corrected chi connectivity index (χ4v) is 4.90. The number of halogens is 4. The highest BCUT2D eigenvalue weighted by molar-refractivity contribution is 7.89. The van der Waals surface area contributed by atoms with Crippen LogP contribution >= 0.6 is 11.6 Å². The summed E-state index contributed by atoms with van der Waals surface area (Å²) in [5, 5.41) is 2.32. The van der Waals surface area contributed by atoms with Crippen molar-refractivity contribution in [2.24, 2.45) is 0 Å². The normalized spacial score (nSPS) is 15.6. The van der Waals surface area contributed by atoms with Crippen LogP contribution in [0.15, 0.2) is 47.4 Å². The summed E-state index contributed by atoms with van der Waals surface area (Å²) in [5.74, 6) is -0.742. The highest BCUT2D eigenvalue weighted by Crippen LogP contribution is 2.31. The molecule has 10 heteroatoms. The quantitative estimate of drug-likeness (QED) is 0.779. The van der Waals surface area contributed by atoms with Gasteiger partial charge in [0.2, 0.25) is 10.0 Å². The van der Waals surface area contributed by atoms with Gasteiger partial charge in [0.15, 0.2) is 0 Å². The summed E-state index contributed by atoms with van der Waals surface area (Å²) < 4.78 is 65.2. The molecule has 5 nitrogen and oxygen atoms in total. The minimum Gasteiger partial charge on any atom is -0.322 e. The second-order valence-electron chi connectivity index (χ2n) is 6.29. The van der Waals surface area contributed by atoms with Crippen molar-refractivity contribution in [2.75, 3.05) is 18.4 Å². The van der Waals surface area contributed by atoms with Gasteiger partial charge in [-0.1, -0.05) is 17.7 Å². The first-order chi connectivity index (χ1) is 13.1. The molecule has 1 aliphatic heterocycles. The molecule has 1 N–H and O–H groups in total. The van der Waals surface area contributed by atoms with Crippen LogP contribution in [0.4, 0.5) is 18.9 Å². The highest BCUT2D eigenvalue weighted by Gasteiger charge is 2.31. The largest absolute Gasteiger partial charge is 0.416 e. The first kappa shape index (κ1) is 20.6. The summed E-state index contributed by atoms with van der Waals surface area (Å²) in [4.78, 5) is 12.2. The smallest absolute Gasteiger partial charge is 0.322 e. The van der Waals surface area contributed by atoms with Crippen LogP contribution in [0.3, 0.4) is 0 Å². The maximum atomic E-state index is 12.8. The zero-order valence-corrected chi connectivity index (χ0v) is 16.0. The van der Waals surface area contributed by atoms with Gasteiger partial charge in [-0.3, -0.25) is 4.79 Å². The molecule has 1 aliphatic rings. The van der Waals surface area contributed by atoms with Crippen molar-refractivity contribution in [1.29, 1.82) is 0 Å². The number of nitrogens with one attached hydrogen (secondary N) is 1. The molecule has 0 unspecified atom stereocenters. The van der Waals surface area contributed by atoms with Gasteiger partial charge >= 0.3 is 6.18 Å². The molecule has 0 saturated carbocycles. The van der Waals surface area contributed by atoms with E-state index < -0.39 is 27.7 Å². The zero-order valence-electron chi connectivity index (χ0n) is 14.5. The number of anilines is 1. The number of nitrogens with zero attached hydrogens (tertiary/aromatic N) is 1. The molecule has 0 aromatic heterocycles. The third-order valence-electron chi connectivity index (χ3n) is 4.32. The molecule has 0 bridgehead atoms. The van der Waals surface area contributed by atoms with Gasteiger partial charge in [0, 0.05) is 24.3 Å². The predicted octanol–water partition coefficient (Wildman–Crippen LogP) is 4.40. The topological polar surface area (TPSA) is 66.5 Å². The molecule has 3 rings (SSSR count). The Morgan fingerprint density at radius 2 is 1.75 bits per heavy atom. The van der Waals surface area contributed by atoms with E-state index in [1.807, 2.05) is 0 Å². The van der Waals surface area contributed by atoms with E-state index in [1.165, 1.54) is 28.6 Å². The molecular weight excluding hydrogens is 417 g/mol.